The molecule has 0 aliphatic rings. The van der Waals surface area contributed by atoms with Gasteiger partial charge in [-0.25, -0.2) is 4.57 Å². The van der Waals surface area contributed by atoms with Crippen LogP contribution in [0.5, 0.6) is 5.75 Å². The van der Waals surface area contributed by atoms with Crippen LogP contribution in [-0.2, 0) is 4.57 Å². The predicted octanol–water partition coefficient (Wildman–Crippen LogP) is 2.02. The first-order valence-electron chi connectivity index (χ1n) is 4.78. The summed E-state index contributed by atoms with van der Waals surface area (Å²) >= 11 is 0. The highest BCUT2D eigenvalue weighted by Gasteiger charge is 2.25. The standard InChI is InChI=1S/C10H14NO5P/c1-6-4-8(5-7(2)9(6)16-3)11-10(12)17(13,14)15/h4-5H,1-3H3,(H,11,12)(H2,13,14,15). The van der Waals surface area contributed by atoms with E-state index in [0.29, 0.717) is 11.4 Å². The second-order valence-corrected chi connectivity index (χ2v) is 5.11. The van der Waals surface area contributed by atoms with Gasteiger partial charge in [-0.1, -0.05) is 0 Å². The molecule has 0 bridgehead atoms. The highest BCUT2D eigenvalue weighted by Crippen LogP contribution is 2.37. The predicted molar refractivity (Wildman–Crippen MR) is 63.5 cm³/mol. The average molecular weight is 259 g/mol. The summed E-state index contributed by atoms with van der Waals surface area (Å²) < 4.78 is 15.8. The summed E-state index contributed by atoms with van der Waals surface area (Å²) in [5, 5.41) is 2.16. The van der Waals surface area contributed by atoms with Crippen LogP contribution in [0.25, 0.3) is 0 Å². The summed E-state index contributed by atoms with van der Waals surface area (Å²) in [5.74, 6) is 0.680. The number of ether oxygens (including phenoxy) is 1. The molecule has 1 aromatic rings. The Labute approximate surface area is 98.8 Å². The molecule has 0 saturated carbocycles. The minimum atomic E-state index is -4.75. The Bertz CT molecular complexity index is 470. The van der Waals surface area contributed by atoms with E-state index in [1.165, 1.54) is 7.11 Å². The van der Waals surface area contributed by atoms with Gasteiger partial charge in [0, 0.05) is 5.69 Å². The molecule has 94 valence electrons. The molecule has 1 rings (SSSR count). The molecule has 0 fully saturated rings. The third kappa shape index (κ3) is 3.30. The zero-order valence-corrected chi connectivity index (χ0v) is 10.6. The maximum absolute atomic E-state index is 11.1. The molecule has 0 saturated heterocycles. The van der Waals surface area contributed by atoms with Crippen molar-refractivity contribution in [3.05, 3.63) is 23.3 Å². The van der Waals surface area contributed by atoms with Gasteiger partial charge in [0.25, 0.3) is 0 Å². The fraction of sp³-hybridized carbons (Fsp3) is 0.300. The SMILES string of the molecule is COc1c(C)cc(NC(=O)P(=O)(O)O)cc1C. The summed E-state index contributed by atoms with van der Waals surface area (Å²) in [5.41, 5.74) is 0.553. The van der Waals surface area contributed by atoms with E-state index >= 15 is 0 Å². The Hall–Kier alpha value is -1.36. The molecule has 0 aromatic heterocycles. The van der Waals surface area contributed by atoms with Gasteiger partial charge in [-0.15, -0.1) is 0 Å². The highest BCUT2D eigenvalue weighted by atomic mass is 31.2. The maximum atomic E-state index is 11.1. The number of anilines is 1. The van der Waals surface area contributed by atoms with Crippen LogP contribution in [0.4, 0.5) is 10.5 Å². The molecular formula is C10H14NO5P. The maximum Gasteiger partial charge on any atom is 0.413 e. The van der Waals surface area contributed by atoms with Crippen LogP contribution >= 0.6 is 7.60 Å². The van der Waals surface area contributed by atoms with E-state index in [2.05, 4.69) is 5.32 Å². The van der Waals surface area contributed by atoms with Crippen molar-refractivity contribution in [3.63, 3.8) is 0 Å². The van der Waals surface area contributed by atoms with Crippen molar-refractivity contribution in [3.8, 4) is 5.75 Å². The molecule has 0 radical (unpaired) electrons. The zero-order chi connectivity index (χ0) is 13.2. The molecule has 17 heavy (non-hydrogen) atoms. The zero-order valence-electron chi connectivity index (χ0n) is 9.72. The van der Waals surface area contributed by atoms with Crippen molar-refractivity contribution in [2.45, 2.75) is 13.8 Å². The summed E-state index contributed by atoms with van der Waals surface area (Å²) in [6.45, 7) is 3.55. The molecule has 1 aromatic carbocycles. The lowest BCUT2D eigenvalue weighted by Crippen LogP contribution is -2.10. The van der Waals surface area contributed by atoms with Crippen molar-refractivity contribution < 1.29 is 23.9 Å². The third-order valence-electron chi connectivity index (χ3n) is 2.18. The van der Waals surface area contributed by atoms with Crippen molar-refractivity contribution in [2.24, 2.45) is 0 Å². The topological polar surface area (TPSA) is 95.9 Å². The number of benzene rings is 1. The van der Waals surface area contributed by atoms with Crippen molar-refractivity contribution in [1.82, 2.24) is 0 Å². The molecular weight excluding hydrogens is 245 g/mol. The Morgan fingerprint density at radius 2 is 1.76 bits per heavy atom. The first-order valence-corrected chi connectivity index (χ1v) is 6.39. The number of carbonyl (C=O) groups is 1. The van der Waals surface area contributed by atoms with Gasteiger partial charge in [0.1, 0.15) is 5.75 Å². The first-order chi connectivity index (χ1) is 7.75. The lowest BCUT2D eigenvalue weighted by molar-refractivity contribution is 0.258. The van der Waals surface area contributed by atoms with Crippen LogP contribution in [0.15, 0.2) is 12.1 Å². The van der Waals surface area contributed by atoms with E-state index in [1.807, 2.05) is 0 Å². The molecule has 6 nitrogen and oxygen atoms in total. The summed E-state index contributed by atoms with van der Waals surface area (Å²) in [6.07, 6.45) is 0. The average Bonchev–Trinajstić information content (AvgIpc) is 2.15. The lowest BCUT2D eigenvalue weighted by atomic mass is 10.1. The second-order valence-electron chi connectivity index (χ2n) is 3.62. The molecule has 0 atom stereocenters. The van der Waals surface area contributed by atoms with Gasteiger partial charge < -0.3 is 19.8 Å². The number of carbonyl (C=O) groups excluding carboxylic acids is 1. The van der Waals surface area contributed by atoms with Gasteiger partial charge in [0.05, 0.1) is 7.11 Å². The van der Waals surface area contributed by atoms with Gasteiger partial charge in [0.2, 0.25) is 0 Å². The third-order valence-corrected chi connectivity index (χ3v) is 2.82. The van der Waals surface area contributed by atoms with Crippen LogP contribution in [0.3, 0.4) is 0 Å². The molecule has 0 heterocycles. The first kappa shape index (κ1) is 13.7. The van der Waals surface area contributed by atoms with Gasteiger partial charge in [0.15, 0.2) is 0 Å². The molecule has 0 aliphatic carbocycles. The minimum absolute atomic E-state index is 0.328. The van der Waals surface area contributed by atoms with Crippen LogP contribution in [0.2, 0.25) is 0 Å². The van der Waals surface area contributed by atoms with E-state index in [0.717, 1.165) is 11.1 Å². The van der Waals surface area contributed by atoms with Gasteiger partial charge >= 0.3 is 13.2 Å². The lowest BCUT2D eigenvalue weighted by Gasteiger charge is -2.12. The van der Waals surface area contributed by atoms with E-state index in [9.17, 15) is 9.36 Å². The Morgan fingerprint density at radius 1 is 1.29 bits per heavy atom. The van der Waals surface area contributed by atoms with Gasteiger partial charge in [-0.2, -0.15) is 0 Å². The van der Waals surface area contributed by atoms with E-state index in [4.69, 9.17) is 14.5 Å². The Balaban J connectivity index is 3.03. The molecule has 7 heteroatoms. The fourth-order valence-corrected chi connectivity index (χ4v) is 1.82. The van der Waals surface area contributed by atoms with Crippen molar-refractivity contribution in [1.29, 1.82) is 0 Å². The Kier molecular flexibility index (Phi) is 3.93. The molecule has 1 amide bonds. The summed E-state index contributed by atoms with van der Waals surface area (Å²) in [7, 11) is -3.22. The second kappa shape index (κ2) is 4.87. The molecule has 0 spiro atoms. The number of amides is 1. The van der Waals surface area contributed by atoms with Crippen LogP contribution in [0.1, 0.15) is 11.1 Å². The van der Waals surface area contributed by atoms with Gasteiger partial charge in [-0.05, 0) is 37.1 Å². The number of nitrogens with one attached hydrogen (secondary N) is 1. The fourth-order valence-electron chi connectivity index (χ4n) is 1.54. The quantitative estimate of drug-likeness (QED) is 0.722. The summed E-state index contributed by atoms with van der Waals surface area (Å²) in [4.78, 5) is 28.4. The largest absolute Gasteiger partial charge is 0.496 e. The number of hydrogen-bond acceptors (Lipinski definition) is 3. The summed E-state index contributed by atoms with van der Waals surface area (Å²) in [6, 6.07) is 3.17. The smallest absolute Gasteiger partial charge is 0.413 e. The van der Waals surface area contributed by atoms with Crippen molar-refractivity contribution >= 4 is 18.9 Å². The number of rotatable bonds is 3. The van der Waals surface area contributed by atoms with Crippen LogP contribution < -0.4 is 10.1 Å². The number of methoxy groups -OCH3 is 1. The van der Waals surface area contributed by atoms with E-state index < -0.39 is 13.2 Å². The molecule has 0 unspecified atom stereocenters. The monoisotopic (exact) mass is 259 g/mol. The normalized spacial score (nSPS) is 11.1. The molecule has 3 N–H and O–H groups in total. The number of aryl methyl sites for hydroxylation is 2. The van der Waals surface area contributed by atoms with Crippen LogP contribution in [-0.4, -0.2) is 22.5 Å². The van der Waals surface area contributed by atoms with Crippen LogP contribution in [0, 0.1) is 13.8 Å². The minimum Gasteiger partial charge on any atom is -0.496 e. The van der Waals surface area contributed by atoms with Crippen molar-refractivity contribution in [2.75, 3.05) is 12.4 Å². The number of hydrogen-bond donors (Lipinski definition) is 3. The molecule has 0 aliphatic heterocycles. The highest BCUT2D eigenvalue weighted by molar-refractivity contribution is 7.70. The van der Waals surface area contributed by atoms with E-state index in [1.54, 1.807) is 26.0 Å². The van der Waals surface area contributed by atoms with Gasteiger partial charge in [-0.3, -0.25) is 4.79 Å². The Morgan fingerprint density at radius 3 is 2.12 bits per heavy atom. The van der Waals surface area contributed by atoms with E-state index in [-0.39, 0.29) is 0 Å².